The zero-order chi connectivity index (χ0) is 21.2. The molecule has 2 fully saturated rings. The number of carbonyl (C=O) groups excluding carboxylic acids is 1. The summed E-state index contributed by atoms with van der Waals surface area (Å²) < 4.78 is 13.1. The van der Waals surface area contributed by atoms with Gasteiger partial charge >= 0.3 is 0 Å². The normalized spacial score (nSPS) is 23.3. The van der Waals surface area contributed by atoms with E-state index in [4.69, 9.17) is 12.2 Å². The average molecular weight is 421 g/mol. The van der Waals surface area contributed by atoms with Crippen molar-refractivity contribution in [2.45, 2.75) is 71.1 Å². The summed E-state index contributed by atoms with van der Waals surface area (Å²) in [7, 11) is 0. The van der Waals surface area contributed by atoms with Gasteiger partial charge in [0.1, 0.15) is 5.82 Å². The van der Waals surface area contributed by atoms with Crippen molar-refractivity contribution in [1.29, 1.82) is 0 Å². The lowest BCUT2D eigenvalue weighted by Crippen LogP contribution is -2.61. The zero-order valence-electron chi connectivity index (χ0n) is 17.9. The second kappa shape index (κ2) is 8.96. The van der Waals surface area contributed by atoms with E-state index in [1.165, 1.54) is 12.1 Å². The third-order valence-corrected chi connectivity index (χ3v) is 6.97. The van der Waals surface area contributed by atoms with Crippen LogP contribution in [0, 0.1) is 11.7 Å². The number of carbonyl (C=O) groups is 1. The Kier molecular flexibility index (Phi) is 6.79. The lowest BCUT2D eigenvalue weighted by Gasteiger charge is -2.47. The molecule has 1 spiro atoms. The van der Waals surface area contributed by atoms with Gasteiger partial charge in [-0.25, -0.2) is 4.39 Å². The van der Waals surface area contributed by atoms with Crippen LogP contribution in [0.15, 0.2) is 24.3 Å². The van der Waals surface area contributed by atoms with Crippen molar-refractivity contribution in [3.63, 3.8) is 0 Å². The summed E-state index contributed by atoms with van der Waals surface area (Å²) >= 11 is 5.58. The molecule has 0 bridgehead atoms. The highest BCUT2D eigenvalue weighted by Crippen LogP contribution is 2.37. The molecule has 29 heavy (non-hydrogen) atoms. The molecule has 0 unspecified atom stereocenters. The molecule has 3 rings (SSSR count). The molecular formula is C22H33FN4OS. The predicted molar refractivity (Wildman–Crippen MR) is 119 cm³/mol. The van der Waals surface area contributed by atoms with Crippen molar-refractivity contribution in [3.05, 3.63) is 30.1 Å². The molecule has 0 saturated carbocycles. The van der Waals surface area contributed by atoms with E-state index in [0.717, 1.165) is 44.5 Å². The molecule has 1 amide bonds. The van der Waals surface area contributed by atoms with Gasteiger partial charge < -0.3 is 15.1 Å². The summed E-state index contributed by atoms with van der Waals surface area (Å²) in [5.74, 6) is 0.293. The largest absolute Gasteiger partial charge is 0.349 e. The minimum absolute atomic E-state index is 0.107. The van der Waals surface area contributed by atoms with Gasteiger partial charge in [0.25, 0.3) is 0 Å². The molecule has 2 saturated heterocycles. The Hall–Kier alpha value is -1.73. The monoisotopic (exact) mass is 420 g/mol. The Morgan fingerprint density at radius 1 is 1.24 bits per heavy atom. The average Bonchev–Trinajstić information content (AvgIpc) is 3.00. The van der Waals surface area contributed by atoms with Gasteiger partial charge in [-0.1, -0.05) is 27.2 Å². The molecule has 5 nitrogen and oxygen atoms in total. The van der Waals surface area contributed by atoms with Crippen molar-refractivity contribution >= 4 is 28.9 Å². The zero-order valence-corrected chi connectivity index (χ0v) is 18.7. The third kappa shape index (κ3) is 4.40. The van der Waals surface area contributed by atoms with Crippen molar-refractivity contribution < 1.29 is 9.18 Å². The van der Waals surface area contributed by atoms with Gasteiger partial charge in [-0.05, 0) is 55.7 Å². The second-order valence-electron chi connectivity index (χ2n) is 8.43. The second-order valence-corrected chi connectivity index (χ2v) is 8.82. The summed E-state index contributed by atoms with van der Waals surface area (Å²) in [6.07, 6.45) is 3.59. The van der Waals surface area contributed by atoms with Crippen LogP contribution in [0.5, 0.6) is 0 Å². The number of rotatable bonds is 5. The number of nitrogens with one attached hydrogen (secondary N) is 2. The van der Waals surface area contributed by atoms with Gasteiger partial charge in [-0.15, -0.1) is 0 Å². The predicted octanol–water partition coefficient (Wildman–Crippen LogP) is 3.96. The molecule has 0 radical (unpaired) electrons. The van der Waals surface area contributed by atoms with E-state index in [-0.39, 0.29) is 29.5 Å². The summed E-state index contributed by atoms with van der Waals surface area (Å²) in [5.41, 5.74) is 0.492. The summed E-state index contributed by atoms with van der Waals surface area (Å²) in [6, 6.07) is 6.31. The first-order valence-electron chi connectivity index (χ1n) is 10.7. The highest BCUT2D eigenvalue weighted by Gasteiger charge is 2.53. The molecule has 160 valence electrons. The fourth-order valence-electron chi connectivity index (χ4n) is 4.43. The molecule has 2 aliphatic heterocycles. The number of piperidine rings is 1. The fourth-order valence-corrected chi connectivity index (χ4v) is 4.73. The minimum Gasteiger partial charge on any atom is -0.349 e. The topological polar surface area (TPSA) is 47.6 Å². The summed E-state index contributed by atoms with van der Waals surface area (Å²) in [4.78, 5) is 17.5. The van der Waals surface area contributed by atoms with Crippen molar-refractivity contribution in [3.8, 4) is 0 Å². The highest BCUT2D eigenvalue weighted by molar-refractivity contribution is 7.80. The maximum atomic E-state index is 13.2. The first-order valence-corrected chi connectivity index (χ1v) is 11.1. The first-order chi connectivity index (χ1) is 13.8. The SMILES string of the molecule is CC[C@H](C)[C@@H]1NC2(CCN(C(=S)Nc3ccc(F)cc3)CC2)N([C@@H](C)CC)C1=O. The van der Waals surface area contributed by atoms with Crippen LogP contribution in [0.25, 0.3) is 0 Å². The number of amides is 1. The van der Waals surface area contributed by atoms with E-state index < -0.39 is 0 Å². The Bertz CT molecular complexity index is 733. The van der Waals surface area contributed by atoms with Crippen LogP contribution in [-0.4, -0.2) is 51.7 Å². The van der Waals surface area contributed by atoms with E-state index in [1.807, 2.05) is 0 Å². The number of halogens is 1. The van der Waals surface area contributed by atoms with E-state index >= 15 is 0 Å². The van der Waals surface area contributed by atoms with Crippen LogP contribution in [0.2, 0.25) is 0 Å². The van der Waals surface area contributed by atoms with Crippen LogP contribution >= 0.6 is 12.2 Å². The van der Waals surface area contributed by atoms with Crippen molar-refractivity contribution in [2.75, 3.05) is 18.4 Å². The lowest BCUT2D eigenvalue weighted by molar-refractivity contribution is -0.136. The number of nitrogens with zero attached hydrogens (tertiary/aromatic N) is 2. The molecular weight excluding hydrogens is 387 g/mol. The third-order valence-electron chi connectivity index (χ3n) is 6.61. The smallest absolute Gasteiger partial charge is 0.241 e. The van der Waals surface area contributed by atoms with Gasteiger partial charge in [0, 0.05) is 37.7 Å². The Labute approximate surface area is 179 Å². The van der Waals surface area contributed by atoms with Crippen LogP contribution in [-0.2, 0) is 4.79 Å². The van der Waals surface area contributed by atoms with Crippen molar-refractivity contribution in [1.82, 2.24) is 15.1 Å². The van der Waals surface area contributed by atoms with Crippen LogP contribution in [0.4, 0.5) is 10.1 Å². The molecule has 7 heteroatoms. The van der Waals surface area contributed by atoms with E-state index in [9.17, 15) is 9.18 Å². The molecule has 3 atom stereocenters. The standard InChI is InChI=1S/C22H33FN4OS/c1-5-15(3)19-20(28)27(16(4)6-2)22(25-19)11-13-26(14-12-22)21(29)24-18-9-7-17(23)8-10-18/h7-10,15-16,19,25H,5-6,11-14H2,1-4H3,(H,24,29)/t15-,16-,19-/m0/s1. The Morgan fingerprint density at radius 3 is 2.41 bits per heavy atom. The molecule has 1 aromatic carbocycles. The highest BCUT2D eigenvalue weighted by atomic mass is 32.1. The number of likely N-dealkylation sites (tertiary alicyclic amines) is 1. The number of hydrogen-bond donors (Lipinski definition) is 2. The van der Waals surface area contributed by atoms with E-state index in [2.05, 4.69) is 48.1 Å². The number of thiocarbonyl (C=S) groups is 1. The molecule has 2 aliphatic rings. The Balaban J connectivity index is 1.69. The molecule has 0 aromatic heterocycles. The van der Waals surface area contributed by atoms with Gasteiger partial charge in [0.2, 0.25) is 5.91 Å². The van der Waals surface area contributed by atoms with Gasteiger partial charge in [0.15, 0.2) is 5.11 Å². The molecule has 0 aliphatic carbocycles. The van der Waals surface area contributed by atoms with Crippen LogP contribution in [0.3, 0.4) is 0 Å². The summed E-state index contributed by atoms with van der Waals surface area (Å²) in [5, 5.41) is 7.57. The quantitative estimate of drug-likeness (QED) is 0.706. The van der Waals surface area contributed by atoms with E-state index in [1.54, 1.807) is 12.1 Å². The fraction of sp³-hybridized carbons (Fsp3) is 0.636. The maximum absolute atomic E-state index is 13.2. The molecule has 1 aromatic rings. The van der Waals surface area contributed by atoms with Gasteiger partial charge in [0.05, 0.1) is 11.7 Å². The Morgan fingerprint density at radius 2 is 1.86 bits per heavy atom. The first kappa shape index (κ1) is 22.0. The maximum Gasteiger partial charge on any atom is 0.241 e. The van der Waals surface area contributed by atoms with Crippen molar-refractivity contribution in [2.24, 2.45) is 5.92 Å². The lowest BCUT2D eigenvalue weighted by atomic mass is 9.94. The summed E-state index contributed by atoms with van der Waals surface area (Å²) in [6.45, 7) is 10.1. The van der Waals surface area contributed by atoms with E-state index in [0.29, 0.717) is 11.0 Å². The molecule has 2 heterocycles. The number of hydrogen-bond acceptors (Lipinski definition) is 3. The van der Waals surface area contributed by atoms with Gasteiger partial charge in [-0.2, -0.15) is 0 Å². The number of anilines is 1. The number of benzene rings is 1. The van der Waals surface area contributed by atoms with Gasteiger partial charge in [-0.3, -0.25) is 10.1 Å². The minimum atomic E-state index is -0.289. The van der Waals surface area contributed by atoms with Crippen LogP contribution < -0.4 is 10.6 Å². The molecule has 2 N–H and O–H groups in total. The van der Waals surface area contributed by atoms with Crippen LogP contribution in [0.1, 0.15) is 53.4 Å².